The number of carbonyl (C=O) groups is 1. The first-order chi connectivity index (χ1) is 18.6. The maximum absolute atomic E-state index is 13.7. The molecule has 0 fully saturated rings. The lowest BCUT2D eigenvalue weighted by molar-refractivity contribution is -0.384. The van der Waals surface area contributed by atoms with Crippen LogP contribution in [-0.2, 0) is 9.53 Å². The van der Waals surface area contributed by atoms with E-state index in [1.54, 1.807) is 75.4 Å². The van der Waals surface area contributed by atoms with E-state index in [1.165, 1.54) is 28.0 Å². The summed E-state index contributed by atoms with van der Waals surface area (Å²) in [7, 11) is 0. The minimum atomic E-state index is -0.751. The molecular weight excluding hydrogens is 542 g/mol. The van der Waals surface area contributed by atoms with Crippen LogP contribution in [0.3, 0.4) is 0 Å². The van der Waals surface area contributed by atoms with Crippen molar-refractivity contribution in [1.82, 2.24) is 4.57 Å². The van der Waals surface area contributed by atoms with E-state index in [-0.39, 0.29) is 22.9 Å². The van der Waals surface area contributed by atoms with Crippen molar-refractivity contribution < 1.29 is 18.9 Å². The summed E-state index contributed by atoms with van der Waals surface area (Å²) in [4.78, 5) is 42.3. The lowest BCUT2D eigenvalue weighted by Gasteiger charge is -2.25. The summed E-state index contributed by atoms with van der Waals surface area (Å²) in [5.74, 6) is 0.378. The highest BCUT2D eigenvalue weighted by atomic mass is 35.5. The molecule has 4 aromatic rings. The van der Waals surface area contributed by atoms with E-state index < -0.39 is 16.9 Å². The molecule has 0 spiro atoms. The number of thiazole rings is 1. The second-order valence-corrected chi connectivity index (χ2v) is 10.5. The Labute approximate surface area is 231 Å². The number of nitro groups is 1. The molecule has 2 aromatic heterocycles. The number of nitro benzene ring substituents is 1. The zero-order valence-electron chi connectivity index (χ0n) is 21.1. The Morgan fingerprint density at radius 1 is 1.15 bits per heavy atom. The molecule has 39 heavy (non-hydrogen) atoms. The highest BCUT2D eigenvalue weighted by Crippen LogP contribution is 2.31. The smallest absolute Gasteiger partial charge is 0.338 e. The number of hydrogen-bond donors (Lipinski definition) is 0. The second-order valence-electron chi connectivity index (χ2n) is 9.09. The van der Waals surface area contributed by atoms with Gasteiger partial charge in [-0.25, -0.2) is 9.79 Å². The fourth-order valence-corrected chi connectivity index (χ4v) is 5.44. The van der Waals surface area contributed by atoms with Gasteiger partial charge in [-0.1, -0.05) is 35.1 Å². The Balaban J connectivity index is 1.59. The zero-order valence-corrected chi connectivity index (χ0v) is 22.7. The first-order valence-electron chi connectivity index (χ1n) is 12.0. The van der Waals surface area contributed by atoms with E-state index in [4.69, 9.17) is 20.8 Å². The Hall–Kier alpha value is -4.28. The van der Waals surface area contributed by atoms with Gasteiger partial charge in [0.05, 0.1) is 32.9 Å². The number of furan rings is 1. The van der Waals surface area contributed by atoms with Crippen molar-refractivity contribution in [2.75, 3.05) is 0 Å². The maximum atomic E-state index is 13.7. The van der Waals surface area contributed by atoms with Crippen molar-refractivity contribution in [3.63, 3.8) is 0 Å². The molecule has 0 amide bonds. The minimum Gasteiger partial charge on any atom is -0.459 e. The molecule has 0 saturated carbocycles. The molecule has 2 aromatic carbocycles. The minimum absolute atomic E-state index is 0.0196. The average molecular weight is 564 g/mol. The normalized spacial score (nSPS) is 15.3. The van der Waals surface area contributed by atoms with Crippen LogP contribution < -0.4 is 14.9 Å². The molecule has 3 heterocycles. The van der Waals surface area contributed by atoms with Gasteiger partial charge in [0, 0.05) is 28.8 Å². The number of hydrogen-bond acceptors (Lipinski definition) is 8. The van der Waals surface area contributed by atoms with E-state index in [0.29, 0.717) is 42.7 Å². The summed E-state index contributed by atoms with van der Waals surface area (Å²) in [6, 6.07) is 15.6. The van der Waals surface area contributed by atoms with Crippen LogP contribution in [0.4, 0.5) is 5.69 Å². The van der Waals surface area contributed by atoms with Crippen LogP contribution in [0.2, 0.25) is 5.02 Å². The van der Waals surface area contributed by atoms with Crippen LogP contribution >= 0.6 is 22.9 Å². The zero-order chi connectivity index (χ0) is 27.8. The van der Waals surface area contributed by atoms with Gasteiger partial charge in [0.15, 0.2) is 4.80 Å². The molecule has 1 unspecified atom stereocenters. The molecule has 1 aliphatic heterocycles. The number of ether oxygens (including phenoxy) is 1. The van der Waals surface area contributed by atoms with Crippen molar-refractivity contribution in [1.29, 1.82) is 0 Å². The van der Waals surface area contributed by atoms with E-state index >= 15 is 0 Å². The third-order valence-corrected chi connectivity index (χ3v) is 7.27. The standard InChI is InChI=1S/C28H22ClN3O6S/c1-15(2)37-27(34)24-16(3)30-28-31(25(24)18-4-8-19(29)9-5-18)26(33)23(39-28)14-21-12-13-22(38-21)17-6-10-20(11-7-17)32(35)36/h4-15,25H,1-3H3. The summed E-state index contributed by atoms with van der Waals surface area (Å²) in [5, 5.41) is 11.5. The lowest BCUT2D eigenvalue weighted by Crippen LogP contribution is -2.40. The summed E-state index contributed by atoms with van der Waals surface area (Å²) in [6.45, 7) is 5.24. The largest absolute Gasteiger partial charge is 0.459 e. The molecule has 0 aliphatic carbocycles. The number of carbonyl (C=O) groups excluding carboxylic acids is 1. The van der Waals surface area contributed by atoms with Crippen molar-refractivity contribution >= 4 is 40.7 Å². The fourth-order valence-electron chi connectivity index (χ4n) is 4.28. The molecule has 0 saturated heterocycles. The number of esters is 1. The van der Waals surface area contributed by atoms with Crippen molar-refractivity contribution in [2.24, 2.45) is 4.99 Å². The molecule has 11 heteroatoms. The van der Waals surface area contributed by atoms with Gasteiger partial charge in [0.1, 0.15) is 11.5 Å². The number of nitrogens with zero attached hydrogens (tertiary/aromatic N) is 3. The van der Waals surface area contributed by atoms with Gasteiger partial charge in [-0.3, -0.25) is 19.5 Å². The molecular formula is C28H22ClN3O6S. The number of rotatable bonds is 6. The van der Waals surface area contributed by atoms with Crippen LogP contribution in [0.15, 0.2) is 86.1 Å². The van der Waals surface area contributed by atoms with Gasteiger partial charge >= 0.3 is 5.97 Å². The Bertz CT molecular complexity index is 1800. The van der Waals surface area contributed by atoms with E-state index in [9.17, 15) is 19.7 Å². The maximum Gasteiger partial charge on any atom is 0.338 e. The first-order valence-corrected chi connectivity index (χ1v) is 13.2. The molecule has 0 radical (unpaired) electrons. The van der Waals surface area contributed by atoms with Crippen molar-refractivity contribution in [2.45, 2.75) is 32.9 Å². The number of halogens is 1. The average Bonchev–Trinajstić information content (AvgIpc) is 3.48. The van der Waals surface area contributed by atoms with Gasteiger partial charge in [-0.2, -0.15) is 0 Å². The topological polar surface area (TPSA) is 117 Å². The van der Waals surface area contributed by atoms with E-state index in [2.05, 4.69) is 4.99 Å². The summed E-state index contributed by atoms with van der Waals surface area (Å²) >= 11 is 7.29. The van der Waals surface area contributed by atoms with Crippen LogP contribution in [-0.4, -0.2) is 21.6 Å². The van der Waals surface area contributed by atoms with Crippen LogP contribution in [0.25, 0.3) is 17.4 Å². The van der Waals surface area contributed by atoms with E-state index in [1.807, 2.05) is 0 Å². The van der Waals surface area contributed by atoms with E-state index in [0.717, 1.165) is 0 Å². The number of benzene rings is 2. The van der Waals surface area contributed by atoms with Crippen molar-refractivity contribution in [3.05, 3.63) is 118 Å². The number of non-ortho nitro benzene ring substituents is 1. The molecule has 1 atom stereocenters. The van der Waals surface area contributed by atoms with Crippen LogP contribution in [0.1, 0.15) is 38.1 Å². The quantitative estimate of drug-likeness (QED) is 0.185. The monoisotopic (exact) mass is 563 g/mol. The molecule has 0 bridgehead atoms. The molecule has 0 N–H and O–H groups in total. The fraction of sp³-hybridized carbons (Fsp3) is 0.179. The first kappa shape index (κ1) is 26.3. The van der Waals surface area contributed by atoms with Crippen molar-refractivity contribution in [3.8, 4) is 11.3 Å². The Kier molecular flexibility index (Phi) is 7.07. The van der Waals surface area contributed by atoms with Gasteiger partial charge in [0.25, 0.3) is 11.2 Å². The molecule has 5 rings (SSSR count). The highest BCUT2D eigenvalue weighted by molar-refractivity contribution is 7.07. The number of fused-ring (bicyclic) bond motifs is 1. The Morgan fingerprint density at radius 2 is 1.85 bits per heavy atom. The predicted molar refractivity (Wildman–Crippen MR) is 147 cm³/mol. The molecule has 198 valence electrons. The lowest BCUT2D eigenvalue weighted by atomic mass is 9.96. The third-order valence-electron chi connectivity index (χ3n) is 6.03. The number of aromatic nitrogens is 1. The SMILES string of the molecule is CC1=C(C(=O)OC(C)C)C(c2ccc(Cl)cc2)n2c(sc(=Cc3ccc(-c4ccc([N+](=O)[O-])cc4)o3)c2=O)=N1. The summed E-state index contributed by atoms with van der Waals surface area (Å²) < 4.78 is 13.3. The molecule has 9 nitrogen and oxygen atoms in total. The predicted octanol–water partition coefficient (Wildman–Crippen LogP) is 5.01. The number of allylic oxidation sites excluding steroid dienone is 1. The van der Waals surface area contributed by atoms with Gasteiger partial charge in [-0.05, 0) is 62.7 Å². The molecule has 1 aliphatic rings. The summed E-state index contributed by atoms with van der Waals surface area (Å²) in [6.07, 6.45) is 1.26. The van der Waals surface area contributed by atoms with Gasteiger partial charge in [-0.15, -0.1) is 0 Å². The van der Waals surface area contributed by atoms with Gasteiger partial charge < -0.3 is 9.15 Å². The highest BCUT2D eigenvalue weighted by Gasteiger charge is 2.33. The summed E-state index contributed by atoms with van der Waals surface area (Å²) in [5.41, 5.74) is 1.74. The van der Waals surface area contributed by atoms with Crippen LogP contribution in [0, 0.1) is 10.1 Å². The second kappa shape index (κ2) is 10.5. The van der Waals surface area contributed by atoms with Gasteiger partial charge in [0.2, 0.25) is 0 Å². The van der Waals surface area contributed by atoms with Crippen LogP contribution in [0.5, 0.6) is 0 Å². The third kappa shape index (κ3) is 5.21. The Morgan fingerprint density at radius 3 is 2.49 bits per heavy atom.